The number of rotatable bonds is 9. The molecule has 0 bridgehead atoms. The summed E-state index contributed by atoms with van der Waals surface area (Å²) >= 11 is 12.3. The number of aryl methyl sites for hydroxylation is 1. The van der Waals surface area contributed by atoms with Crippen molar-refractivity contribution in [3.05, 3.63) is 75.4 Å². The van der Waals surface area contributed by atoms with Gasteiger partial charge in [-0.2, -0.15) is 5.10 Å². The van der Waals surface area contributed by atoms with Crippen molar-refractivity contribution in [1.82, 2.24) is 14.7 Å². The molecule has 1 aromatic heterocycles. The highest BCUT2D eigenvalue weighted by molar-refractivity contribution is 6.42. The number of carbonyl (C=O) groups is 2. The monoisotopic (exact) mass is 528 g/mol. The lowest BCUT2D eigenvalue weighted by atomic mass is 9.92. The molecule has 8 heteroatoms. The van der Waals surface area contributed by atoms with Crippen LogP contribution in [0.25, 0.3) is 5.69 Å². The minimum absolute atomic E-state index is 0.0790. The number of amides is 2. The molecule has 192 valence electrons. The van der Waals surface area contributed by atoms with Crippen LogP contribution in [0.4, 0.5) is 5.82 Å². The molecule has 2 aromatic carbocycles. The van der Waals surface area contributed by atoms with Gasteiger partial charge in [0.2, 0.25) is 5.91 Å². The fourth-order valence-corrected chi connectivity index (χ4v) is 4.00. The minimum atomic E-state index is -0.313. The first-order chi connectivity index (χ1) is 17.0. The molecule has 0 atom stereocenters. The van der Waals surface area contributed by atoms with E-state index in [9.17, 15) is 9.59 Å². The lowest BCUT2D eigenvalue weighted by Gasteiger charge is -2.21. The summed E-state index contributed by atoms with van der Waals surface area (Å²) in [6, 6.07) is 14.7. The predicted octanol–water partition coefficient (Wildman–Crippen LogP) is 6.92. The van der Waals surface area contributed by atoms with E-state index in [2.05, 4.69) is 12.2 Å². The molecule has 0 saturated heterocycles. The molecule has 0 unspecified atom stereocenters. The Kier molecular flexibility index (Phi) is 9.20. The van der Waals surface area contributed by atoms with Gasteiger partial charge in [0.1, 0.15) is 12.4 Å². The molecule has 1 heterocycles. The number of benzene rings is 2. The summed E-state index contributed by atoms with van der Waals surface area (Å²) < 4.78 is 1.63. The SMILES string of the molecule is CCCCc1ccc(C(=O)N(CC)CC(=O)Nc2cc(C(C)(C)C)nn2-c2ccc(Cl)c(Cl)c2)cc1. The second-order valence-electron chi connectivity index (χ2n) is 9.84. The number of likely N-dealkylation sites (N-methyl/N-ethyl adjacent to an activating group) is 1. The maximum atomic E-state index is 13.1. The Hall–Kier alpha value is -2.83. The number of hydrogen-bond donors (Lipinski definition) is 1. The predicted molar refractivity (Wildman–Crippen MR) is 148 cm³/mol. The highest BCUT2D eigenvalue weighted by Gasteiger charge is 2.23. The van der Waals surface area contributed by atoms with Gasteiger partial charge < -0.3 is 10.2 Å². The fraction of sp³-hybridized carbons (Fsp3) is 0.393. The van der Waals surface area contributed by atoms with Crippen molar-refractivity contribution in [3.8, 4) is 5.69 Å². The van der Waals surface area contributed by atoms with Crippen LogP contribution < -0.4 is 5.32 Å². The smallest absolute Gasteiger partial charge is 0.254 e. The molecule has 3 aromatic rings. The van der Waals surface area contributed by atoms with E-state index in [-0.39, 0.29) is 23.8 Å². The maximum Gasteiger partial charge on any atom is 0.254 e. The number of anilines is 1. The van der Waals surface area contributed by atoms with Crippen LogP contribution in [0, 0.1) is 0 Å². The number of carbonyl (C=O) groups excluding carboxylic acids is 2. The minimum Gasteiger partial charge on any atom is -0.330 e. The number of hydrogen-bond acceptors (Lipinski definition) is 3. The Morgan fingerprint density at radius 2 is 1.69 bits per heavy atom. The summed E-state index contributed by atoms with van der Waals surface area (Å²) in [7, 11) is 0. The van der Waals surface area contributed by atoms with E-state index in [0.717, 1.165) is 25.0 Å². The van der Waals surface area contributed by atoms with Crippen LogP contribution in [0.3, 0.4) is 0 Å². The van der Waals surface area contributed by atoms with E-state index < -0.39 is 0 Å². The molecule has 0 aliphatic carbocycles. The van der Waals surface area contributed by atoms with E-state index >= 15 is 0 Å². The van der Waals surface area contributed by atoms with Gasteiger partial charge in [-0.1, -0.05) is 69.5 Å². The third-order valence-electron chi connectivity index (χ3n) is 5.92. The van der Waals surface area contributed by atoms with Gasteiger partial charge in [-0.25, -0.2) is 4.68 Å². The Labute approximate surface area is 223 Å². The molecular weight excluding hydrogens is 495 g/mol. The molecule has 3 rings (SSSR count). The van der Waals surface area contributed by atoms with Gasteiger partial charge in [-0.05, 0) is 55.7 Å². The van der Waals surface area contributed by atoms with Gasteiger partial charge >= 0.3 is 0 Å². The number of halogens is 2. The summed E-state index contributed by atoms with van der Waals surface area (Å²) in [5, 5.41) is 8.46. The summed E-state index contributed by atoms with van der Waals surface area (Å²) in [6.07, 6.45) is 3.23. The van der Waals surface area contributed by atoms with Gasteiger partial charge in [-0.3, -0.25) is 9.59 Å². The Morgan fingerprint density at radius 3 is 2.28 bits per heavy atom. The summed E-state index contributed by atoms with van der Waals surface area (Å²) in [5.41, 5.74) is 3.01. The number of nitrogens with one attached hydrogen (secondary N) is 1. The first kappa shape index (κ1) is 27.8. The van der Waals surface area contributed by atoms with E-state index in [0.29, 0.717) is 33.7 Å². The zero-order valence-corrected chi connectivity index (χ0v) is 23.1. The zero-order chi connectivity index (χ0) is 26.5. The van der Waals surface area contributed by atoms with Gasteiger partial charge in [0, 0.05) is 23.6 Å². The molecule has 0 fully saturated rings. The van der Waals surface area contributed by atoms with Gasteiger partial charge in [-0.15, -0.1) is 0 Å². The molecule has 0 spiro atoms. The quantitative estimate of drug-likeness (QED) is 0.327. The van der Waals surface area contributed by atoms with E-state index in [1.807, 2.05) is 58.0 Å². The summed E-state index contributed by atoms with van der Waals surface area (Å²) in [4.78, 5) is 27.7. The fourth-order valence-electron chi connectivity index (χ4n) is 3.71. The molecule has 1 N–H and O–H groups in total. The van der Waals surface area contributed by atoms with Gasteiger partial charge in [0.15, 0.2) is 0 Å². The summed E-state index contributed by atoms with van der Waals surface area (Å²) in [6.45, 7) is 10.5. The third kappa shape index (κ3) is 6.89. The van der Waals surface area contributed by atoms with Crippen LogP contribution in [0.15, 0.2) is 48.5 Å². The van der Waals surface area contributed by atoms with Crippen molar-refractivity contribution < 1.29 is 9.59 Å². The van der Waals surface area contributed by atoms with Crippen LogP contribution in [0.5, 0.6) is 0 Å². The van der Waals surface area contributed by atoms with Crippen LogP contribution in [-0.4, -0.2) is 39.6 Å². The topological polar surface area (TPSA) is 67.2 Å². The molecule has 0 saturated carbocycles. The molecule has 0 aliphatic rings. The zero-order valence-electron chi connectivity index (χ0n) is 21.6. The van der Waals surface area contributed by atoms with Crippen molar-refractivity contribution in [3.63, 3.8) is 0 Å². The summed E-state index contributed by atoms with van der Waals surface area (Å²) in [5.74, 6) is 0.00147. The molecule has 0 aliphatic heterocycles. The van der Waals surface area contributed by atoms with Gasteiger partial charge in [0.25, 0.3) is 5.91 Å². The van der Waals surface area contributed by atoms with Crippen LogP contribution in [0.2, 0.25) is 10.0 Å². The van der Waals surface area contributed by atoms with E-state index in [1.54, 1.807) is 22.9 Å². The third-order valence-corrected chi connectivity index (χ3v) is 6.66. The van der Waals surface area contributed by atoms with Crippen molar-refractivity contribution >= 4 is 40.8 Å². The first-order valence-corrected chi connectivity index (χ1v) is 13.0. The maximum absolute atomic E-state index is 13.1. The van der Waals surface area contributed by atoms with Crippen molar-refractivity contribution in [2.45, 2.75) is 59.3 Å². The molecule has 0 radical (unpaired) electrons. The molecule has 6 nitrogen and oxygen atoms in total. The lowest BCUT2D eigenvalue weighted by Crippen LogP contribution is -2.38. The van der Waals surface area contributed by atoms with Crippen molar-refractivity contribution in [1.29, 1.82) is 0 Å². The standard InChI is InChI=1S/C28H34Cl2N4O2/c1-6-8-9-19-10-12-20(13-11-19)27(36)33(7-2)18-26(35)31-25-17-24(28(3,4)5)32-34(25)21-14-15-22(29)23(30)16-21/h10-17H,6-9,18H2,1-5H3,(H,31,35). The largest absolute Gasteiger partial charge is 0.330 e. The van der Waals surface area contributed by atoms with Crippen LogP contribution in [0.1, 0.15) is 69.1 Å². The number of unbranched alkanes of at least 4 members (excludes halogenated alkanes) is 1. The first-order valence-electron chi connectivity index (χ1n) is 12.3. The van der Waals surface area contributed by atoms with Gasteiger partial charge in [0.05, 0.1) is 21.4 Å². The number of aromatic nitrogens is 2. The highest BCUT2D eigenvalue weighted by atomic mass is 35.5. The average Bonchev–Trinajstić information content (AvgIpc) is 3.27. The van der Waals surface area contributed by atoms with E-state index in [1.165, 1.54) is 10.5 Å². The Morgan fingerprint density at radius 1 is 1.00 bits per heavy atom. The number of nitrogens with zero attached hydrogens (tertiary/aromatic N) is 3. The highest BCUT2D eigenvalue weighted by Crippen LogP contribution is 2.29. The lowest BCUT2D eigenvalue weighted by molar-refractivity contribution is -0.116. The normalized spacial score (nSPS) is 11.4. The van der Waals surface area contributed by atoms with E-state index in [4.69, 9.17) is 28.3 Å². The molecule has 2 amide bonds. The molecule has 36 heavy (non-hydrogen) atoms. The Bertz CT molecular complexity index is 1210. The van der Waals surface area contributed by atoms with Crippen molar-refractivity contribution in [2.24, 2.45) is 0 Å². The second kappa shape index (κ2) is 11.9. The second-order valence-corrected chi connectivity index (χ2v) is 10.7. The Balaban J connectivity index is 1.79. The molecular formula is C28H34Cl2N4O2. The van der Waals surface area contributed by atoms with Crippen molar-refractivity contribution in [2.75, 3.05) is 18.4 Å². The van der Waals surface area contributed by atoms with Crippen LogP contribution >= 0.6 is 23.2 Å². The average molecular weight is 530 g/mol. The van der Waals surface area contributed by atoms with Crippen LogP contribution in [-0.2, 0) is 16.6 Å².